The van der Waals surface area contributed by atoms with Gasteiger partial charge in [-0.1, -0.05) is 300 Å². The summed E-state index contributed by atoms with van der Waals surface area (Å²) in [5.41, 5.74) is 0. The predicted molar refractivity (Wildman–Crippen MR) is 339 cm³/mol. The molecule has 0 heterocycles. The Hall–Kier alpha value is -2.89. The molecule has 0 saturated carbocycles. The van der Waals surface area contributed by atoms with E-state index in [0.717, 1.165) is 96.3 Å². The summed E-state index contributed by atoms with van der Waals surface area (Å²) in [5.74, 6) is -0.906. The van der Waals surface area contributed by atoms with Gasteiger partial charge < -0.3 is 14.2 Å². The van der Waals surface area contributed by atoms with Crippen LogP contribution < -0.4 is 0 Å². The van der Waals surface area contributed by atoms with Crippen molar-refractivity contribution < 1.29 is 28.6 Å². The molecule has 6 nitrogen and oxygen atoms in total. The highest BCUT2D eigenvalue weighted by Crippen LogP contribution is 2.18. The summed E-state index contributed by atoms with van der Waals surface area (Å²) in [6.45, 7) is 6.53. The quantitative estimate of drug-likeness (QED) is 0.0261. The molecule has 0 aromatic rings. The van der Waals surface area contributed by atoms with Gasteiger partial charge in [0.05, 0.1) is 0 Å². The zero-order chi connectivity index (χ0) is 56.4. The Morgan fingerprint density at radius 3 is 0.808 bits per heavy atom. The van der Waals surface area contributed by atoms with Crippen LogP contribution >= 0.6 is 0 Å². The van der Waals surface area contributed by atoms with Crippen LogP contribution in [0.3, 0.4) is 0 Å². The average molecular weight is 1090 g/mol. The van der Waals surface area contributed by atoms with Crippen molar-refractivity contribution in [3.63, 3.8) is 0 Å². The molecule has 0 aliphatic rings. The molecule has 0 spiro atoms. The molecule has 0 rings (SSSR count). The number of unbranched alkanes of at least 4 members (excludes halogenated alkanes) is 42. The number of hydrogen-bond donors (Lipinski definition) is 0. The van der Waals surface area contributed by atoms with Gasteiger partial charge in [-0.25, -0.2) is 0 Å². The van der Waals surface area contributed by atoms with E-state index in [2.05, 4.69) is 81.5 Å². The van der Waals surface area contributed by atoms with Crippen LogP contribution in [0.4, 0.5) is 0 Å². The fourth-order valence-electron chi connectivity index (χ4n) is 10.1. The molecule has 0 saturated heterocycles. The Morgan fingerprint density at radius 1 is 0.269 bits per heavy atom. The van der Waals surface area contributed by atoms with Crippen molar-refractivity contribution in [1.29, 1.82) is 0 Å². The monoisotopic (exact) mass is 1090 g/mol. The highest BCUT2D eigenvalue weighted by atomic mass is 16.6. The number of allylic oxidation sites excluding steroid dienone is 10. The summed E-state index contributed by atoms with van der Waals surface area (Å²) in [6, 6.07) is 0. The molecular weight excluding hydrogens is 961 g/mol. The van der Waals surface area contributed by atoms with E-state index in [0.29, 0.717) is 19.3 Å². The van der Waals surface area contributed by atoms with Gasteiger partial charge in [0.2, 0.25) is 0 Å². The van der Waals surface area contributed by atoms with E-state index in [-0.39, 0.29) is 31.1 Å². The van der Waals surface area contributed by atoms with Crippen molar-refractivity contribution in [2.75, 3.05) is 13.2 Å². The minimum Gasteiger partial charge on any atom is -0.462 e. The molecule has 0 bridgehead atoms. The van der Waals surface area contributed by atoms with Gasteiger partial charge in [0, 0.05) is 19.3 Å². The maximum Gasteiger partial charge on any atom is 0.306 e. The van der Waals surface area contributed by atoms with Crippen LogP contribution in [-0.4, -0.2) is 37.2 Å². The van der Waals surface area contributed by atoms with E-state index < -0.39 is 6.10 Å². The molecule has 0 aromatic heterocycles. The molecule has 454 valence electrons. The minimum atomic E-state index is -0.789. The van der Waals surface area contributed by atoms with E-state index in [1.807, 2.05) is 0 Å². The van der Waals surface area contributed by atoms with Gasteiger partial charge in [-0.2, -0.15) is 0 Å². The van der Waals surface area contributed by atoms with Crippen LogP contribution in [0.2, 0.25) is 0 Å². The molecule has 0 amide bonds. The highest BCUT2D eigenvalue weighted by molar-refractivity contribution is 5.71. The number of esters is 3. The van der Waals surface area contributed by atoms with Gasteiger partial charge >= 0.3 is 17.9 Å². The number of carbonyl (C=O) groups is 3. The SMILES string of the molecule is CC/C=C\C/C=C\C/C=C\CCCCCC(=O)OCC(COC(=O)CCCCCCCCCCCCCCCCCCCCCCC/C=C\CCCCCCCCCC)OC(=O)CCCCCCC/C=C\CCCCCCC. The first-order chi connectivity index (χ1) is 38.5. The summed E-state index contributed by atoms with van der Waals surface area (Å²) in [6.07, 6.45) is 85.6. The van der Waals surface area contributed by atoms with Gasteiger partial charge in [-0.05, 0) is 103 Å². The van der Waals surface area contributed by atoms with Crippen LogP contribution in [0.5, 0.6) is 0 Å². The van der Waals surface area contributed by atoms with Crippen LogP contribution in [0.15, 0.2) is 60.8 Å². The normalized spacial score (nSPS) is 12.4. The number of ether oxygens (including phenoxy) is 3. The lowest BCUT2D eigenvalue weighted by atomic mass is 10.0. The molecule has 0 aromatic carbocycles. The Kier molecular flexibility index (Phi) is 64.2. The molecule has 0 aliphatic carbocycles. The van der Waals surface area contributed by atoms with Crippen molar-refractivity contribution >= 4 is 17.9 Å². The van der Waals surface area contributed by atoms with Crippen LogP contribution in [0.25, 0.3) is 0 Å². The number of rotatable bonds is 63. The third-order valence-corrected chi connectivity index (χ3v) is 15.2. The molecule has 1 unspecified atom stereocenters. The molecule has 0 fully saturated rings. The van der Waals surface area contributed by atoms with E-state index in [9.17, 15) is 14.4 Å². The maximum absolute atomic E-state index is 12.9. The van der Waals surface area contributed by atoms with Gasteiger partial charge in [0.1, 0.15) is 13.2 Å². The number of carbonyl (C=O) groups excluding carboxylic acids is 3. The first-order valence-corrected chi connectivity index (χ1v) is 34.3. The Morgan fingerprint density at radius 2 is 0.500 bits per heavy atom. The largest absolute Gasteiger partial charge is 0.462 e. The smallest absolute Gasteiger partial charge is 0.306 e. The van der Waals surface area contributed by atoms with Crippen LogP contribution in [0, 0.1) is 0 Å². The van der Waals surface area contributed by atoms with Gasteiger partial charge in [-0.3, -0.25) is 14.4 Å². The number of hydrogen-bond acceptors (Lipinski definition) is 6. The molecule has 6 heteroatoms. The lowest BCUT2D eigenvalue weighted by Crippen LogP contribution is -2.30. The third-order valence-electron chi connectivity index (χ3n) is 15.2. The molecule has 1 atom stereocenters. The minimum absolute atomic E-state index is 0.0839. The van der Waals surface area contributed by atoms with Gasteiger partial charge in [0.25, 0.3) is 0 Å². The predicted octanol–water partition coefficient (Wildman–Crippen LogP) is 23.5. The topological polar surface area (TPSA) is 78.9 Å². The molecule has 0 aliphatic heterocycles. The maximum atomic E-state index is 12.9. The summed E-state index contributed by atoms with van der Waals surface area (Å²) >= 11 is 0. The fourth-order valence-corrected chi connectivity index (χ4v) is 10.1. The zero-order valence-electron chi connectivity index (χ0n) is 52.2. The van der Waals surface area contributed by atoms with Crippen molar-refractivity contribution in [3.8, 4) is 0 Å². The van der Waals surface area contributed by atoms with Crippen molar-refractivity contribution in [3.05, 3.63) is 60.8 Å². The Balaban J connectivity index is 4.09. The van der Waals surface area contributed by atoms with Gasteiger partial charge in [-0.15, -0.1) is 0 Å². The summed E-state index contributed by atoms with van der Waals surface area (Å²) in [4.78, 5) is 38.2. The standard InChI is InChI=1S/C72H130O6/c1-4-7-10-13-16-19-22-25-27-28-29-30-31-32-33-34-35-36-37-38-39-40-41-42-43-44-45-48-50-53-56-59-62-65-71(74)77-68-69(67-76-70(73)64-61-58-55-52-49-46-24-21-18-15-12-9-6-3)78-72(75)66-63-60-57-54-51-47-26-23-20-17-14-11-8-5-2/h9,12,18,21,23,26,28-29,46,49,69H,4-8,10-11,13-17,19-20,22,24-25,27,30-45,47-48,50-68H2,1-3H3/b12-9-,21-18-,26-23-,29-28-,49-46-. The molecule has 0 radical (unpaired) electrons. The second-order valence-corrected chi connectivity index (χ2v) is 23.1. The lowest BCUT2D eigenvalue weighted by Gasteiger charge is -2.18. The average Bonchev–Trinajstić information content (AvgIpc) is 3.44. The van der Waals surface area contributed by atoms with Crippen molar-refractivity contribution in [2.45, 2.75) is 367 Å². The third kappa shape index (κ3) is 63.9. The van der Waals surface area contributed by atoms with Crippen molar-refractivity contribution in [1.82, 2.24) is 0 Å². The van der Waals surface area contributed by atoms with Crippen molar-refractivity contribution in [2.24, 2.45) is 0 Å². The Bertz CT molecular complexity index is 1390. The highest BCUT2D eigenvalue weighted by Gasteiger charge is 2.19. The molecule has 78 heavy (non-hydrogen) atoms. The first-order valence-electron chi connectivity index (χ1n) is 34.3. The summed E-state index contributed by atoms with van der Waals surface area (Å²) in [5, 5.41) is 0. The second kappa shape index (κ2) is 66.6. The van der Waals surface area contributed by atoms with Crippen LogP contribution in [-0.2, 0) is 28.6 Å². The summed E-state index contributed by atoms with van der Waals surface area (Å²) < 4.78 is 16.9. The Labute approximate surface area is 485 Å². The van der Waals surface area contributed by atoms with E-state index in [1.165, 1.54) is 225 Å². The van der Waals surface area contributed by atoms with Gasteiger partial charge in [0.15, 0.2) is 6.10 Å². The first kappa shape index (κ1) is 75.1. The molecular formula is C72H130O6. The second-order valence-electron chi connectivity index (χ2n) is 23.1. The fraction of sp³-hybridized carbons (Fsp3) is 0.819. The van der Waals surface area contributed by atoms with E-state index in [1.54, 1.807) is 0 Å². The molecule has 0 N–H and O–H groups in total. The van der Waals surface area contributed by atoms with Crippen LogP contribution in [0.1, 0.15) is 361 Å². The van der Waals surface area contributed by atoms with E-state index >= 15 is 0 Å². The lowest BCUT2D eigenvalue weighted by molar-refractivity contribution is -0.167. The summed E-state index contributed by atoms with van der Waals surface area (Å²) in [7, 11) is 0. The van der Waals surface area contributed by atoms with E-state index in [4.69, 9.17) is 14.2 Å². The zero-order valence-corrected chi connectivity index (χ0v) is 52.2.